The summed E-state index contributed by atoms with van der Waals surface area (Å²) in [6, 6.07) is 7.28. The van der Waals surface area contributed by atoms with E-state index in [-0.39, 0.29) is 30.4 Å². The summed E-state index contributed by atoms with van der Waals surface area (Å²) in [4.78, 5) is 32.3. The molecule has 25 heavy (non-hydrogen) atoms. The molecule has 1 aliphatic heterocycles. The van der Waals surface area contributed by atoms with Gasteiger partial charge in [-0.15, -0.1) is 0 Å². The van der Waals surface area contributed by atoms with E-state index in [1.54, 1.807) is 24.0 Å². The standard InChI is InChI=1S/C17H18FN3O4/c1-11-19-13(8-16(22)20-11)15-9-21(6-7-24-15)17(23)10-25-14-5-3-2-4-12(14)18/h2-5,8,15H,6-7,9-10H2,1H3,(H,19,20,22). The summed E-state index contributed by atoms with van der Waals surface area (Å²) in [5.41, 5.74) is 0.214. The average Bonchev–Trinajstić information content (AvgIpc) is 2.60. The molecule has 132 valence electrons. The molecule has 2 aromatic rings. The maximum absolute atomic E-state index is 13.5. The Kier molecular flexibility index (Phi) is 5.08. The lowest BCUT2D eigenvalue weighted by Crippen LogP contribution is -2.44. The minimum atomic E-state index is -0.515. The van der Waals surface area contributed by atoms with Crippen molar-refractivity contribution in [2.75, 3.05) is 26.3 Å². The molecule has 0 saturated carbocycles. The van der Waals surface area contributed by atoms with Gasteiger partial charge in [-0.25, -0.2) is 9.37 Å². The van der Waals surface area contributed by atoms with Crippen LogP contribution in [0.2, 0.25) is 0 Å². The van der Waals surface area contributed by atoms with E-state index in [4.69, 9.17) is 9.47 Å². The van der Waals surface area contributed by atoms with E-state index in [2.05, 4.69) is 9.97 Å². The van der Waals surface area contributed by atoms with E-state index in [9.17, 15) is 14.0 Å². The van der Waals surface area contributed by atoms with Gasteiger partial charge in [0.15, 0.2) is 18.2 Å². The van der Waals surface area contributed by atoms with Gasteiger partial charge in [0.25, 0.3) is 11.5 Å². The molecule has 2 heterocycles. The molecule has 1 unspecified atom stereocenters. The third-order valence-electron chi connectivity index (χ3n) is 3.82. The molecule has 7 nitrogen and oxygen atoms in total. The Labute approximate surface area is 143 Å². The number of H-pyrrole nitrogens is 1. The van der Waals surface area contributed by atoms with Crippen LogP contribution in [0.15, 0.2) is 35.1 Å². The van der Waals surface area contributed by atoms with Crippen molar-refractivity contribution >= 4 is 5.91 Å². The van der Waals surface area contributed by atoms with Crippen LogP contribution in [0, 0.1) is 12.7 Å². The van der Waals surface area contributed by atoms with Gasteiger partial charge < -0.3 is 19.4 Å². The fourth-order valence-electron chi connectivity index (χ4n) is 2.61. The molecule has 0 bridgehead atoms. The predicted octanol–water partition coefficient (Wildman–Crippen LogP) is 1.20. The maximum atomic E-state index is 13.5. The molecule has 1 amide bonds. The van der Waals surface area contributed by atoms with Crippen LogP contribution in [-0.4, -0.2) is 47.1 Å². The highest BCUT2D eigenvalue weighted by atomic mass is 19.1. The number of hydrogen-bond donors (Lipinski definition) is 1. The van der Waals surface area contributed by atoms with Gasteiger partial charge >= 0.3 is 0 Å². The number of aryl methyl sites for hydroxylation is 1. The second-order valence-electron chi connectivity index (χ2n) is 5.67. The van der Waals surface area contributed by atoms with Crippen LogP contribution in [0.1, 0.15) is 17.6 Å². The zero-order valence-electron chi connectivity index (χ0n) is 13.7. The molecule has 0 spiro atoms. The number of hydrogen-bond acceptors (Lipinski definition) is 5. The number of halogens is 1. The number of benzene rings is 1. The Morgan fingerprint density at radius 2 is 2.28 bits per heavy atom. The van der Waals surface area contributed by atoms with E-state index in [0.717, 1.165) is 0 Å². The smallest absolute Gasteiger partial charge is 0.260 e. The lowest BCUT2D eigenvalue weighted by atomic mass is 10.2. The molecule has 1 atom stereocenters. The zero-order chi connectivity index (χ0) is 17.8. The molecule has 0 radical (unpaired) electrons. The van der Waals surface area contributed by atoms with Crippen molar-refractivity contribution in [1.29, 1.82) is 0 Å². The molecule has 1 aliphatic rings. The Morgan fingerprint density at radius 3 is 3.04 bits per heavy atom. The van der Waals surface area contributed by atoms with Gasteiger partial charge in [-0.3, -0.25) is 9.59 Å². The SMILES string of the molecule is Cc1nc(C2CN(C(=O)COc3ccccc3F)CCO2)cc(=O)[nH]1. The molecule has 8 heteroatoms. The van der Waals surface area contributed by atoms with Crippen LogP contribution < -0.4 is 10.3 Å². The highest BCUT2D eigenvalue weighted by molar-refractivity contribution is 5.78. The number of aromatic amines is 1. The number of nitrogens with zero attached hydrogens (tertiary/aromatic N) is 2. The third kappa shape index (κ3) is 4.21. The summed E-state index contributed by atoms with van der Waals surface area (Å²) in [6.45, 7) is 2.39. The number of amides is 1. The number of morpholine rings is 1. The van der Waals surface area contributed by atoms with E-state index < -0.39 is 11.9 Å². The van der Waals surface area contributed by atoms with Gasteiger partial charge in [-0.2, -0.15) is 0 Å². The number of carbonyl (C=O) groups is 1. The molecular formula is C17H18FN3O4. The highest BCUT2D eigenvalue weighted by Gasteiger charge is 2.27. The summed E-state index contributed by atoms with van der Waals surface area (Å²) in [7, 11) is 0. The summed E-state index contributed by atoms with van der Waals surface area (Å²) < 4.78 is 24.4. The second-order valence-corrected chi connectivity index (χ2v) is 5.67. The molecule has 1 aromatic heterocycles. The van der Waals surface area contributed by atoms with E-state index >= 15 is 0 Å². The monoisotopic (exact) mass is 347 g/mol. The minimum absolute atomic E-state index is 0.0348. The Morgan fingerprint density at radius 1 is 1.48 bits per heavy atom. The Hall–Kier alpha value is -2.74. The van der Waals surface area contributed by atoms with Crippen LogP contribution in [0.3, 0.4) is 0 Å². The summed E-state index contributed by atoms with van der Waals surface area (Å²) >= 11 is 0. The summed E-state index contributed by atoms with van der Waals surface area (Å²) in [6.07, 6.45) is -0.479. The predicted molar refractivity (Wildman–Crippen MR) is 86.8 cm³/mol. The quantitative estimate of drug-likeness (QED) is 0.898. The van der Waals surface area contributed by atoms with Gasteiger partial charge in [0, 0.05) is 12.6 Å². The lowest BCUT2D eigenvalue weighted by Gasteiger charge is -2.32. The zero-order valence-corrected chi connectivity index (χ0v) is 13.7. The second kappa shape index (κ2) is 7.43. The molecule has 1 fully saturated rings. The van der Waals surface area contributed by atoms with Crippen molar-refractivity contribution in [3.8, 4) is 5.75 Å². The van der Waals surface area contributed by atoms with Crippen molar-refractivity contribution in [2.45, 2.75) is 13.0 Å². The van der Waals surface area contributed by atoms with Crippen molar-refractivity contribution in [3.05, 3.63) is 58.0 Å². The van der Waals surface area contributed by atoms with Gasteiger partial charge in [-0.05, 0) is 19.1 Å². The molecule has 1 N–H and O–H groups in total. The lowest BCUT2D eigenvalue weighted by molar-refractivity contribution is -0.141. The topological polar surface area (TPSA) is 84.5 Å². The summed E-state index contributed by atoms with van der Waals surface area (Å²) in [5, 5.41) is 0. The third-order valence-corrected chi connectivity index (χ3v) is 3.82. The van der Waals surface area contributed by atoms with Crippen LogP contribution in [0.4, 0.5) is 4.39 Å². The van der Waals surface area contributed by atoms with Crippen molar-refractivity contribution in [3.63, 3.8) is 0 Å². The van der Waals surface area contributed by atoms with Crippen molar-refractivity contribution in [2.24, 2.45) is 0 Å². The number of para-hydroxylation sites is 1. The number of nitrogens with one attached hydrogen (secondary N) is 1. The fraction of sp³-hybridized carbons (Fsp3) is 0.353. The van der Waals surface area contributed by atoms with Gasteiger partial charge in [-0.1, -0.05) is 12.1 Å². The first-order valence-electron chi connectivity index (χ1n) is 7.87. The van der Waals surface area contributed by atoms with E-state index in [1.165, 1.54) is 18.2 Å². The Bertz CT molecular complexity index is 824. The first-order chi connectivity index (χ1) is 12.0. The van der Waals surface area contributed by atoms with Gasteiger partial charge in [0.2, 0.25) is 0 Å². The first kappa shape index (κ1) is 17.1. The van der Waals surface area contributed by atoms with Gasteiger partial charge in [0.05, 0.1) is 18.8 Å². The minimum Gasteiger partial charge on any atom is -0.481 e. The number of rotatable bonds is 4. The molecular weight excluding hydrogens is 329 g/mol. The average molecular weight is 347 g/mol. The molecule has 1 saturated heterocycles. The van der Waals surface area contributed by atoms with Crippen LogP contribution in [0.5, 0.6) is 5.75 Å². The molecule has 1 aromatic carbocycles. The highest BCUT2D eigenvalue weighted by Crippen LogP contribution is 2.20. The number of carbonyl (C=O) groups excluding carboxylic acids is 1. The molecule has 0 aliphatic carbocycles. The fourth-order valence-corrected chi connectivity index (χ4v) is 2.61. The van der Waals surface area contributed by atoms with E-state index in [0.29, 0.717) is 24.7 Å². The normalized spacial score (nSPS) is 17.4. The largest absolute Gasteiger partial charge is 0.481 e. The van der Waals surface area contributed by atoms with Crippen LogP contribution in [0.25, 0.3) is 0 Å². The number of aromatic nitrogens is 2. The van der Waals surface area contributed by atoms with Gasteiger partial charge in [0.1, 0.15) is 11.9 Å². The van der Waals surface area contributed by atoms with Crippen molar-refractivity contribution in [1.82, 2.24) is 14.9 Å². The van der Waals surface area contributed by atoms with Crippen molar-refractivity contribution < 1.29 is 18.7 Å². The van der Waals surface area contributed by atoms with E-state index in [1.807, 2.05) is 0 Å². The Balaban J connectivity index is 1.63. The number of ether oxygens (including phenoxy) is 2. The summed E-state index contributed by atoms with van der Waals surface area (Å²) in [5.74, 6) is -0.276. The molecule has 3 rings (SSSR count). The maximum Gasteiger partial charge on any atom is 0.260 e. The first-order valence-corrected chi connectivity index (χ1v) is 7.87. The van der Waals surface area contributed by atoms with Crippen LogP contribution >= 0.6 is 0 Å². The van der Waals surface area contributed by atoms with Crippen LogP contribution in [-0.2, 0) is 9.53 Å².